The number of carbonyl (C=O) groups excluding carboxylic acids is 1. The number of pyridine rings is 2. The van der Waals surface area contributed by atoms with Crippen molar-refractivity contribution in [2.45, 2.75) is 76.7 Å². The summed E-state index contributed by atoms with van der Waals surface area (Å²) >= 11 is 0. The Morgan fingerprint density at radius 2 is 1.88 bits per heavy atom. The van der Waals surface area contributed by atoms with Gasteiger partial charge in [0.05, 0.1) is 23.9 Å². The smallest absolute Gasteiger partial charge is 0.433 e. The highest BCUT2D eigenvalue weighted by Crippen LogP contribution is 2.36. The summed E-state index contributed by atoms with van der Waals surface area (Å²) in [5, 5.41) is 11.3. The second-order valence-corrected chi connectivity index (χ2v) is 14.1. The van der Waals surface area contributed by atoms with E-state index in [2.05, 4.69) is 25.6 Å². The lowest BCUT2D eigenvalue weighted by Crippen LogP contribution is -2.36. The van der Waals surface area contributed by atoms with Crippen LogP contribution in [0.4, 0.5) is 18.9 Å². The molecule has 2 atom stereocenters. The number of amides is 1. The minimum atomic E-state index is -4.61. The maximum atomic E-state index is 13.9. The van der Waals surface area contributed by atoms with Crippen LogP contribution in [0.1, 0.15) is 66.1 Å². The fourth-order valence-electron chi connectivity index (χ4n) is 6.19. The van der Waals surface area contributed by atoms with Crippen molar-refractivity contribution in [3.8, 4) is 5.88 Å². The first-order valence-corrected chi connectivity index (χ1v) is 17.6. The number of benzene rings is 2. The molecule has 5 aromatic rings. The Labute approximate surface area is 287 Å². The van der Waals surface area contributed by atoms with Gasteiger partial charge in [-0.25, -0.2) is 23.1 Å². The molecule has 0 radical (unpaired) electrons. The molecule has 6 rings (SSSR count). The maximum Gasteiger partial charge on any atom is 0.433 e. The molecule has 0 aliphatic carbocycles. The number of halogens is 3. The number of alkyl halides is 3. The molecule has 1 N–H and O–H groups in total. The predicted molar refractivity (Wildman–Crippen MR) is 180 cm³/mol. The zero-order valence-electron chi connectivity index (χ0n) is 27.9. The number of aromatic nitrogens is 5. The van der Waals surface area contributed by atoms with Crippen LogP contribution in [0, 0.1) is 13.8 Å². The van der Waals surface area contributed by atoms with Crippen LogP contribution in [0.25, 0.3) is 11.0 Å². The second kappa shape index (κ2) is 13.8. The summed E-state index contributed by atoms with van der Waals surface area (Å²) in [5.74, 6) is -0.907. The normalized spacial score (nSPS) is 16.7. The highest BCUT2D eigenvalue weighted by Gasteiger charge is 2.36. The quantitative estimate of drug-likeness (QED) is 0.186. The summed E-state index contributed by atoms with van der Waals surface area (Å²) in [6.07, 6.45) is -2.06. The van der Waals surface area contributed by atoms with Crippen LogP contribution in [0.5, 0.6) is 5.88 Å². The fourth-order valence-corrected chi connectivity index (χ4v) is 7.71. The minimum Gasteiger partial charge on any atom is -0.472 e. The molecule has 0 spiro atoms. The van der Waals surface area contributed by atoms with Crippen LogP contribution in [-0.2, 0) is 34.1 Å². The van der Waals surface area contributed by atoms with Gasteiger partial charge in [-0.3, -0.25) is 4.79 Å². The van der Waals surface area contributed by atoms with E-state index in [-0.39, 0.29) is 36.0 Å². The molecule has 1 aliphatic heterocycles. The van der Waals surface area contributed by atoms with Crippen LogP contribution in [0.3, 0.4) is 0 Å². The van der Waals surface area contributed by atoms with Crippen molar-refractivity contribution in [2.75, 3.05) is 11.9 Å². The molecule has 3 aromatic heterocycles. The van der Waals surface area contributed by atoms with Crippen LogP contribution in [-0.4, -0.2) is 56.2 Å². The van der Waals surface area contributed by atoms with Crippen molar-refractivity contribution in [1.82, 2.24) is 29.3 Å². The molecular weight excluding hydrogens is 671 g/mol. The number of rotatable bonds is 9. The van der Waals surface area contributed by atoms with Crippen molar-refractivity contribution in [2.24, 2.45) is 0 Å². The first kappa shape index (κ1) is 35.0. The maximum absolute atomic E-state index is 13.9. The summed E-state index contributed by atoms with van der Waals surface area (Å²) < 4.78 is 76.2. The van der Waals surface area contributed by atoms with E-state index >= 15 is 0 Å². The Balaban J connectivity index is 1.37. The number of sulfonamides is 1. The topological polar surface area (TPSA) is 132 Å². The highest BCUT2D eigenvalue weighted by atomic mass is 32.2. The summed E-state index contributed by atoms with van der Waals surface area (Å²) in [7, 11) is -3.97. The van der Waals surface area contributed by atoms with Crippen molar-refractivity contribution < 1.29 is 31.1 Å². The molecule has 50 heavy (non-hydrogen) atoms. The first-order valence-electron chi connectivity index (χ1n) is 16.2. The third kappa shape index (κ3) is 6.92. The largest absolute Gasteiger partial charge is 0.472 e. The number of carbonyl (C=O) groups is 1. The van der Waals surface area contributed by atoms with E-state index in [4.69, 9.17) is 4.74 Å². The fraction of sp³-hybridized carbons (Fsp3) is 0.343. The standard InChI is InChI=1S/C35H36F3N7O4S/c1-5-26-20-44(50(47,48)30-8-7-15-39-34(30)49-26)19-24-16-23(10-9-21(24)3)28(27-12-13-29-33(22(27)4)42-43-45(29)6-2)17-32(46)41-25-11-14-31(40-18-25)35(36,37)38/h7-16,18,26,28H,5-6,17,19-20H2,1-4H3,(H,41,46)/t26-,28?/m1/s1. The number of nitrogens with zero attached hydrogens (tertiary/aromatic N) is 6. The Morgan fingerprint density at radius 1 is 1.08 bits per heavy atom. The van der Waals surface area contributed by atoms with Gasteiger partial charge in [0.25, 0.3) is 0 Å². The van der Waals surface area contributed by atoms with Crippen molar-refractivity contribution in [3.05, 3.63) is 101 Å². The lowest BCUT2D eigenvalue weighted by molar-refractivity contribution is -0.141. The first-order chi connectivity index (χ1) is 23.8. The molecule has 0 fully saturated rings. The molecule has 1 unspecified atom stereocenters. The van der Waals surface area contributed by atoms with Gasteiger partial charge in [0.15, 0.2) is 0 Å². The van der Waals surface area contributed by atoms with E-state index in [0.717, 1.165) is 51.7 Å². The third-order valence-electron chi connectivity index (χ3n) is 9.00. The monoisotopic (exact) mass is 707 g/mol. The third-order valence-corrected chi connectivity index (χ3v) is 10.8. The zero-order valence-corrected chi connectivity index (χ0v) is 28.7. The summed E-state index contributed by atoms with van der Waals surface area (Å²) in [4.78, 5) is 21.2. The summed E-state index contributed by atoms with van der Waals surface area (Å²) in [6, 6.07) is 14.6. The van der Waals surface area contributed by atoms with E-state index in [1.54, 1.807) is 10.7 Å². The number of nitrogens with one attached hydrogen (secondary N) is 1. The van der Waals surface area contributed by atoms with Gasteiger partial charge in [-0.05, 0) is 85.3 Å². The predicted octanol–water partition coefficient (Wildman–Crippen LogP) is 6.40. The number of hydrogen-bond acceptors (Lipinski definition) is 8. The van der Waals surface area contributed by atoms with E-state index in [9.17, 15) is 26.4 Å². The van der Waals surface area contributed by atoms with Gasteiger partial charge in [-0.1, -0.05) is 36.4 Å². The van der Waals surface area contributed by atoms with Crippen LogP contribution in [0.2, 0.25) is 0 Å². The molecule has 1 amide bonds. The Morgan fingerprint density at radius 3 is 2.58 bits per heavy atom. The molecule has 15 heteroatoms. The molecule has 2 aromatic carbocycles. The SMILES string of the molecule is CC[C@@H]1CN(Cc2cc(C(CC(=O)Nc3ccc(C(F)(F)F)nc3)c3ccc4c(nnn4CC)c3C)ccc2C)S(=O)(=O)c2cccnc2O1. The summed E-state index contributed by atoms with van der Waals surface area (Å²) in [5.41, 5.74) is 4.54. The average Bonchev–Trinajstić information content (AvgIpc) is 3.47. The second-order valence-electron chi connectivity index (χ2n) is 12.2. The van der Waals surface area contributed by atoms with Crippen molar-refractivity contribution in [1.29, 1.82) is 0 Å². The lowest BCUT2D eigenvalue weighted by Gasteiger charge is -2.25. The number of aryl methyl sites for hydroxylation is 3. The molecule has 4 heterocycles. The summed E-state index contributed by atoms with van der Waals surface area (Å²) in [6.45, 7) is 8.48. The molecule has 0 saturated carbocycles. The van der Waals surface area contributed by atoms with Gasteiger partial charge in [0, 0.05) is 31.6 Å². The van der Waals surface area contributed by atoms with E-state index in [1.807, 2.05) is 58.0 Å². The van der Waals surface area contributed by atoms with Crippen molar-refractivity contribution >= 4 is 32.7 Å². The van der Waals surface area contributed by atoms with E-state index in [0.29, 0.717) is 18.5 Å². The van der Waals surface area contributed by atoms with Crippen LogP contribution < -0.4 is 10.1 Å². The number of ether oxygens (including phenoxy) is 1. The van der Waals surface area contributed by atoms with Gasteiger partial charge in [-0.2, -0.15) is 17.5 Å². The number of hydrogen-bond donors (Lipinski definition) is 1. The van der Waals surface area contributed by atoms with Gasteiger partial charge >= 0.3 is 6.18 Å². The Kier molecular flexibility index (Phi) is 9.64. The minimum absolute atomic E-state index is 0.00103. The van der Waals surface area contributed by atoms with Gasteiger partial charge in [-0.15, -0.1) is 5.10 Å². The van der Waals surface area contributed by atoms with Crippen molar-refractivity contribution in [3.63, 3.8) is 0 Å². The van der Waals surface area contributed by atoms with E-state index in [1.165, 1.54) is 16.6 Å². The molecule has 1 aliphatic rings. The molecule has 11 nitrogen and oxygen atoms in total. The zero-order chi connectivity index (χ0) is 35.8. The van der Waals surface area contributed by atoms with Crippen LogP contribution in [0.15, 0.2) is 71.9 Å². The lowest BCUT2D eigenvalue weighted by atomic mass is 9.84. The number of anilines is 1. The average molecular weight is 708 g/mol. The molecule has 262 valence electrons. The molecule has 0 saturated heterocycles. The number of fused-ring (bicyclic) bond motifs is 2. The van der Waals surface area contributed by atoms with Gasteiger partial charge in [0.2, 0.25) is 21.8 Å². The van der Waals surface area contributed by atoms with Crippen LogP contribution >= 0.6 is 0 Å². The molecular formula is C35H36F3N7O4S. The Hall–Kier alpha value is -4.89. The highest BCUT2D eigenvalue weighted by molar-refractivity contribution is 7.89. The molecule has 0 bridgehead atoms. The van der Waals surface area contributed by atoms with E-state index < -0.39 is 39.8 Å². The van der Waals surface area contributed by atoms with Gasteiger partial charge in [0.1, 0.15) is 22.2 Å². The van der Waals surface area contributed by atoms with Gasteiger partial charge < -0.3 is 10.1 Å². The Bertz CT molecular complexity index is 2150.